The Bertz CT molecular complexity index is 932. The Morgan fingerprint density at radius 3 is 2.50 bits per heavy atom. The third kappa shape index (κ3) is 4.71. The van der Waals surface area contributed by atoms with Crippen LogP contribution >= 0.6 is 23.2 Å². The molecule has 0 radical (unpaired) electrons. The molecule has 4 nitrogen and oxygen atoms in total. The Kier molecular flexibility index (Phi) is 5.71. The number of rotatable bonds is 5. The molecule has 0 atom stereocenters. The fraction of sp³-hybridized carbons (Fsp3) is 0.0526. The average molecular weight is 390 g/mol. The van der Waals surface area contributed by atoms with Crippen LogP contribution in [0, 0.1) is 5.82 Å². The predicted octanol–water partition coefficient (Wildman–Crippen LogP) is 5.20. The number of hydrogen-bond donors (Lipinski definition) is 2. The summed E-state index contributed by atoms with van der Waals surface area (Å²) in [5.41, 5.74) is 2.52. The highest BCUT2D eigenvalue weighted by molar-refractivity contribution is 6.31. The van der Waals surface area contributed by atoms with Gasteiger partial charge in [0.1, 0.15) is 5.82 Å². The van der Waals surface area contributed by atoms with Gasteiger partial charge in [0.2, 0.25) is 0 Å². The fourth-order valence-corrected chi connectivity index (χ4v) is 2.57. The summed E-state index contributed by atoms with van der Waals surface area (Å²) in [5.74, 6) is -0.751. The number of aromatic nitrogens is 1. The van der Waals surface area contributed by atoms with E-state index in [9.17, 15) is 9.18 Å². The van der Waals surface area contributed by atoms with Crippen LogP contribution in [0.5, 0.6) is 0 Å². The maximum absolute atomic E-state index is 13.2. The highest BCUT2D eigenvalue weighted by atomic mass is 35.5. The van der Waals surface area contributed by atoms with Crippen molar-refractivity contribution >= 4 is 40.5 Å². The second-order valence-corrected chi connectivity index (χ2v) is 6.37. The number of benzene rings is 2. The molecule has 0 saturated carbocycles. The van der Waals surface area contributed by atoms with Crippen LogP contribution < -0.4 is 10.6 Å². The van der Waals surface area contributed by atoms with Crippen molar-refractivity contribution in [2.75, 3.05) is 5.32 Å². The van der Waals surface area contributed by atoms with Crippen LogP contribution in [0.1, 0.15) is 15.9 Å². The van der Waals surface area contributed by atoms with Gasteiger partial charge in [-0.05, 0) is 42.0 Å². The highest BCUT2D eigenvalue weighted by Crippen LogP contribution is 2.22. The average Bonchev–Trinajstić information content (AvgIpc) is 2.64. The highest BCUT2D eigenvalue weighted by Gasteiger charge is 2.08. The first-order valence-electron chi connectivity index (χ1n) is 7.71. The van der Waals surface area contributed by atoms with Crippen molar-refractivity contribution in [1.82, 2.24) is 10.3 Å². The van der Waals surface area contributed by atoms with E-state index >= 15 is 0 Å². The summed E-state index contributed by atoms with van der Waals surface area (Å²) in [6.45, 7) is 0.376. The summed E-state index contributed by atoms with van der Waals surface area (Å²) in [5, 5.41) is 6.52. The lowest BCUT2D eigenvalue weighted by molar-refractivity contribution is 0.0950. The molecule has 2 N–H and O–H groups in total. The van der Waals surface area contributed by atoms with Gasteiger partial charge in [0.05, 0.1) is 22.5 Å². The Morgan fingerprint density at radius 2 is 1.77 bits per heavy atom. The molecule has 0 bridgehead atoms. The summed E-state index contributed by atoms with van der Waals surface area (Å²) in [4.78, 5) is 16.4. The lowest BCUT2D eigenvalue weighted by atomic mass is 10.2. The third-order valence-electron chi connectivity index (χ3n) is 3.58. The minimum absolute atomic E-state index is 0.0137. The summed E-state index contributed by atoms with van der Waals surface area (Å²) in [6.07, 6.45) is 3.03. The molecule has 7 heteroatoms. The number of nitrogens with zero attached hydrogens (tertiary/aromatic N) is 1. The van der Waals surface area contributed by atoms with E-state index in [-0.39, 0.29) is 10.9 Å². The maximum Gasteiger partial charge on any atom is 0.253 e. The number of pyridine rings is 1. The number of anilines is 2. The number of hydrogen-bond acceptors (Lipinski definition) is 3. The summed E-state index contributed by atoms with van der Waals surface area (Å²) >= 11 is 11.6. The van der Waals surface area contributed by atoms with E-state index in [1.807, 2.05) is 12.1 Å². The molecule has 2 aromatic carbocycles. The van der Waals surface area contributed by atoms with Crippen molar-refractivity contribution in [3.8, 4) is 0 Å². The van der Waals surface area contributed by atoms with Crippen LogP contribution in [0.15, 0.2) is 60.9 Å². The molecule has 3 aromatic rings. The van der Waals surface area contributed by atoms with Crippen molar-refractivity contribution in [2.24, 2.45) is 0 Å². The molecule has 0 fully saturated rings. The zero-order chi connectivity index (χ0) is 18.5. The second kappa shape index (κ2) is 8.17. The van der Waals surface area contributed by atoms with Crippen LogP contribution in [0.3, 0.4) is 0 Å². The molecule has 26 heavy (non-hydrogen) atoms. The van der Waals surface area contributed by atoms with Crippen LogP contribution in [-0.4, -0.2) is 10.9 Å². The number of carbonyl (C=O) groups excluding carboxylic acids is 1. The zero-order valence-corrected chi connectivity index (χ0v) is 15.0. The summed E-state index contributed by atoms with van der Waals surface area (Å²) in [7, 11) is 0. The van der Waals surface area contributed by atoms with E-state index in [2.05, 4.69) is 15.6 Å². The first-order valence-corrected chi connectivity index (χ1v) is 8.46. The molecule has 0 aliphatic carbocycles. The van der Waals surface area contributed by atoms with Crippen LogP contribution in [0.25, 0.3) is 0 Å². The van der Waals surface area contributed by atoms with Gasteiger partial charge in [0.25, 0.3) is 5.91 Å². The van der Waals surface area contributed by atoms with Crippen molar-refractivity contribution < 1.29 is 9.18 Å². The summed E-state index contributed by atoms with van der Waals surface area (Å²) < 4.78 is 13.2. The van der Waals surface area contributed by atoms with Gasteiger partial charge in [-0.1, -0.05) is 35.3 Å². The minimum atomic E-state index is -0.495. The topological polar surface area (TPSA) is 54.0 Å². The second-order valence-electron chi connectivity index (χ2n) is 5.53. The summed E-state index contributed by atoms with van der Waals surface area (Å²) in [6, 6.07) is 13.2. The lowest BCUT2D eigenvalue weighted by Crippen LogP contribution is -2.23. The molecular formula is C19H14Cl2FN3O. The van der Waals surface area contributed by atoms with Gasteiger partial charge in [0.15, 0.2) is 0 Å². The van der Waals surface area contributed by atoms with Gasteiger partial charge in [-0.15, -0.1) is 0 Å². The molecule has 1 amide bonds. The Labute approximate surface area is 160 Å². The van der Waals surface area contributed by atoms with E-state index in [1.54, 1.807) is 30.5 Å². The van der Waals surface area contributed by atoms with Crippen LogP contribution in [-0.2, 0) is 6.54 Å². The van der Waals surface area contributed by atoms with Gasteiger partial charge in [-0.25, -0.2) is 4.39 Å². The van der Waals surface area contributed by atoms with E-state index in [1.165, 1.54) is 18.3 Å². The molecule has 3 rings (SSSR count). The Balaban J connectivity index is 1.66. The molecule has 0 unspecified atom stereocenters. The largest absolute Gasteiger partial charge is 0.354 e. The number of amides is 1. The third-order valence-corrected chi connectivity index (χ3v) is 4.12. The van der Waals surface area contributed by atoms with Crippen molar-refractivity contribution in [2.45, 2.75) is 6.54 Å². The maximum atomic E-state index is 13.2. The molecule has 0 spiro atoms. The molecule has 132 valence electrons. The Hall–Kier alpha value is -2.63. The molecule has 0 saturated heterocycles. The van der Waals surface area contributed by atoms with E-state index in [0.29, 0.717) is 28.5 Å². The molecule has 1 aromatic heterocycles. The molecule has 0 aliphatic rings. The van der Waals surface area contributed by atoms with Crippen LogP contribution in [0.4, 0.5) is 15.8 Å². The first kappa shape index (κ1) is 18.2. The van der Waals surface area contributed by atoms with Crippen molar-refractivity contribution in [3.05, 3.63) is 87.9 Å². The van der Waals surface area contributed by atoms with E-state index in [4.69, 9.17) is 23.2 Å². The van der Waals surface area contributed by atoms with Gasteiger partial charge in [-0.3, -0.25) is 9.78 Å². The number of nitrogens with one attached hydrogen (secondary N) is 2. The van der Waals surface area contributed by atoms with Gasteiger partial charge in [-0.2, -0.15) is 0 Å². The zero-order valence-electron chi connectivity index (χ0n) is 13.5. The molecule has 1 heterocycles. The van der Waals surface area contributed by atoms with Crippen LogP contribution in [0.2, 0.25) is 10.0 Å². The number of carbonyl (C=O) groups is 1. The van der Waals surface area contributed by atoms with Crippen molar-refractivity contribution in [3.63, 3.8) is 0 Å². The van der Waals surface area contributed by atoms with Crippen molar-refractivity contribution in [1.29, 1.82) is 0 Å². The SMILES string of the molecule is O=C(NCc1ccc(Cl)cc1)c1cncc(Nc2ccc(F)c(Cl)c2)c1. The number of halogens is 3. The standard InChI is InChI=1S/C19H14Cl2FN3O/c20-14-3-1-12(2-4-14)9-24-19(26)13-7-16(11-23-10-13)25-15-5-6-18(22)17(21)8-15/h1-8,10-11,25H,9H2,(H,24,26). The minimum Gasteiger partial charge on any atom is -0.354 e. The fourth-order valence-electron chi connectivity index (χ4n) is 2.26. The van der Waals surface area contributed by atoms with Gasteiger partial charge >= 0.3 is 0 Å². The predicted molar refractivity (Wildman–Crippen MR) is 102 cm³/mol. The van der Waals surface area contributed by atoms with Gasteiger partial charge < -0.3 is 10.6 Å². The monoisotopic (exact) mass is 389 g/mol. The quantitative estimate of drug-likeness (QED) is 0.630. The molecule has 0 aliphatic heterocycles. The molecular weight excluding hydrogens is 376 g/mol. The first-order chi connectivity index (χ1) is 12.5. The van der Waals surface area contributed by atoms with E-state index in [0.717, 1.165) is 5.56 Å². The normalized spacial score (nSPS) is 10.4. The smallest absolute Gasteiger partial charge is 0.253 e. The Morgan fingerprint density at radius 1 is 1.00 bits per heavy atom. The van der Waals surface area contributed by atoms with Gasteiger partial charge in [0, 0.05) is 23.5 Å². The lowest BCUT2D eigenvalue weighted by Gasteiger charge is -2.09. The van der Waals surface area contributed by atoms with E-state index < -0.39 is 5.82 Å².